The molecule has 0 aliphatic carbocycles. The van der Waals surface area contributed by atoms with E-state index in [1.807, 2.05) is 0 Å². The first-order valence-corrected chi connectivity index (χ1v) is 19.0. The van der Waals surface area contributed by atoms with Crippen molar-refractivity contribution in [3.05, 3.63) is 22.7 Å². The lowest BCUT2D eigenvalue weighted by Gasteiger charge is -2.28. The SMILES string of the molecule is CC[NH+](CC)CC.CC[NH+](CC)CC.CC[NH+](CC)CC.Nc1ccn([C@@H]2O[C@H](COP(=O)([O-])OP(=O)([O-])O)[C@@H](O)[C@@H]2O)c(=O)n1. The lowest BCUT2D eigenvalue weighted by molar-refractivity contribution is -0.894. The highest BCUT2D eigenvalue weighted by Crippen LogP contribution is 2.52. The van der Waals surface area contributed by atoms with E-state index in [9.17, 15) is 33.9 Å². The van der Waals surface area contributed by atoms with Crippen LogP contribution >= 0.6 is 15.6 Å². The van der Waals surface area contributed by atoms with E-state index in [0.717, 1.165) is 10.8 Å². The molecule has 46 heavy (non-hydrogen) atoms. The van der Waals surface area contributed by atoms with Gasteiger partial charge in [-0.1, -0.05) is 0 Å². The third kappa shape index (κ3) is 19.5. The van der Waals surface area contributed by atoms with Gasteiger partial charge in [0.25, 0.3) is 15.6 Å². The number of phosphoric ester groups is 1. The summed E-state index contributed by atoms with van der Waals surface area (Å²) < 4.78 is 35.1. The van der Waals surface area contributed by atoms with Crippen LogP contribution in [0.5, 0.6) is 0 Å². The highest BCUT2D eigenvalue weighted by atomic mass is 31.3. The summed E-state index contributed by atoms with van der Waals surface area (Å²) in [6.45, 7) is 30.5. The number of rotatable bonds is 15. The van der Waals surface area contributed by atoms with Gasteiger partial charge in [-0.05, 0) is 68.4 Å². The number of nitrogens with two attached hydrogens (primary N) is 1. The van der Waals surface area contributed by atoms with Crippen molar-refractivity contribution in [2.75, 3.05) is 71.2 Å². The molecule has 2 unspecified atom stereocenters. The number of aromatic nitrogens is 2. The van der Waals surface area contributed by atoms with E-state index in [-0.39, 0.29) is 5.82 Å². The van der Waals surface area contributed by atoms with Gasteiger partial charge in [0, 0.05) is 6.20 Å². The van der Waals surface area contributed by atoms with Crippen LogP contribution in [0.15, 0.2) is 17.1 Å². The summed E-state index contributed by atoms with van der Waals surface area (Å²) in [6.07, 6.45) is -5.12. The van der Waals surface area contributed by atoms with Crippen molar-refractivity contribution in [2.24, 2.45) is 0 Å². The summed E-state index contributed by atoms with van der Waals surface area (Å²) in [7, 11) is -11.1. The monoisotopic (exact) mass is 707 g/mol. The zero-order valence-corrected chi connectivity index (χ0v) is 30.8. The van der Waals surface area contributed by atoms with Gasteiger partial charge >= 0.3 is 5.69 Å². The Labute approximate surface area is 274 Å². The Morgan fingerprint density at radius 3 is 1.54 bits per heavy atom. The van der Waals surface area contributed by atoms with E-state index in [0.29, 0.717) is 0 Å². The highest BCUT2D eigenvalue weighted by Gasteiger charge is 2.44. The van der Waals surface area contributed by atoms with Gasteiger partial charge in [0.2, 0.25) is 0 Å². The van der Waals surface area contributed by atoms with Crippen LogP contribution in [0.3, 0.4) is 0 Å². The molecular formula is C27H61N6O11P2+. The Bertz CT molecular complexity index is 1020. The van der Waals surface area contributed by atoms with Crippen LogP contribution in [0.25, 0.3) is 0 Å². The van der Waals surface area contributed by atoms with Gasteiger partial charge in [-0.2, -0.15) is 4.98 Å². The first kappa shape index (κ1) is 46.8. The largest absolute Gasteiger partial charge is 0.756 e. The third-order valence-corrected chi connectivity index (χ3v) is 9.65. The Morgan fingerprint density at radius 2 is 1.24 bits per heavy atom. The van der Waals surface area contributed by atoms with Crippen LogP contribution in [0.1, 0.15) is 68.5 Å². The molecule has 0 spiro atoms. The number of hydrogen-bond donors (Lipinski definition) is 7. The highest BCUT2D eigenvalue weighted by molar-refractivity contribution is 7.59. The van der Waals surface area contributed by atoms with Gasteiger partial charge in [0.05, 0.1) is 65.5 Å². The number of ether oxygens (including phenoxy) is 1. The maximum atomic E-state index is 11.7. The van der Waals surface area contributed by atoms with Crippen molar-refractivity contribution in [2.45, 2.75) is 86.9 Å². The van der Waals surface area contributed by atoms with Crippen molar-refractivity contribution in [3.8, 4) is 0 Å². The second-order valence-corrected chi connectivity index (χ2v) is 13.1. The van der Waals surface area contributed by atoms with E-state index in [4.69, 9.17) is 15.4 Å². The van der Waals surface area contributed by atoms with Crippen LogP contribution < -0.4 is 35.9 Å². The lowest BCUT2D eigenvalue weighted by Crippen LogP contribution is -3.11. The Hall–Kier alpha value is -1.30. The summed E-state index contributed by atoms with van der Waals surface area (Å²) in [5.74, 6) is -0.0929. The summed E-state index contributed by atoms with van der Waals surface area (Å²) in [6, 6.07) is 1.22. The lowest BCUT2D eigenvalue weighted by atomic mass is 10.1. The van der Waals surface area contributed by atoms with Crippen molar-refractivity contribution in [3.63, 3.8) is 0 Å². The molecule has 2 rings (SSSR count). The standard InChI is InChI=1S/C9H15N3O11P2.3C6H15N/c10-5-1-2-12(9(15)11-5)8-7(14)6(13)4(22-8)3-21-25(19,20)23-24(16,17)18;3*1-4-7(5-2)6-3/h1-2,4,6-8,13-14H,3H2,(H,19,20)(H2,10,11,15)(H2,16,17,18);3*4-6H2,1-3H3/p+1/t4-,6-,7+,8-;;;/m1.../s1. The number of nitrogens with one attached hydrogen (secondary N) is 3. The van der Waals surface area contributed by atoms with E-state index >= 15 is 0 Å². The van der Waals surface area contributed by atoms with E-state index in [1.54, 1.807) is 14.7 Å². The predicted octanol–water partition coefficient (Wildman–Crippen LogP) is -3.80. The fourth-order valence-corrected chi connectivity index (χ4v) is 5.81. The van der Waals surface area contributed by atoms with Gasteiger partial charge in [-0.25, -0.2) is 9.11 Å². The molecule has 1 saturated heterocycles. The molecule has 1 aromatic rings. The summed E-state index contributed by atoms with van der Waals surface area (Å²) in [5.41, 5.74) is 4.42. The number of aliphatic hydroxyl groups excluding tert-OH is 2. The molecule has 1 fully saturated rings. The second-order valence-electron chi connectivity index (χ2n) is 10.3. The third-order valence-electron chi connectivity index (χ3n) is 7.56. The van der Waals surface area contributed by atoms with Crippen LogP contribution in [-0.2, 0) is 22.7 Å². The zero-order valence-electron chi connectivity index (χ0n) is 29.0. The van der Waals surface area contributed by atoms with Crippen molar-refractivity contribution >= 4 is 21.5 Å². The van der Waals surface area contributed by atoms with E-state index in [1.165, 1.54) is 65.0 Å². The molecule has 8 N–H and O–H groups in total. The Kier molecular flexibility index (Phi) is 25.2. The van der Waals surface area contributed by atoms with Gasteiger partial charge in [-0.3, -0.25) is 13.7 Å². The predicted molar refractivity (Wildman–Crippen MR) is 171 cm³/mol. The van der Waals surface area contributed by atoms with Crippen molar-refractivity contribution in [1.29, 1.82) is 0 Å². The van der Waals surface area contributed by atoms with Crippen LogP contribution in [0, 0.1) is 0 Å². The summed E-state index contributed by atoms with van der Waals surface area (Å²) >= 11 is 0. The minimum absolute atomic E-state index is 0.0929. The van der Waals surface area contributed by atoms with Gasteiger partial charge in [0.1, 0.15) is 24.1 Å². The molecule has 0 aromatic carbocycles. The molecular weight excluding hydrogens is 646 g/mol. The molecule has 2 heterocycles. The molecule has 0 radical (unpaired) electrons. The van der Waals surface area contributed by atoms with Crippen LogP contribution in [0.2, 0.25) is 0 Å². The van der Waals surface area contributed by atoms with Gasteiger partial charge in [0.15, 0.2) is 6.23 Å². The number of nitrogen functional groups attached to an aromatic ring is 1. The fraction of sp³-hybridized carbons (Fsp3) is 0.852. The molecule has 17 nitrogen and oxygen atoms in total. The number of nitrogens with zero attached hydrogens (tertiary/aromatic N) is 2. The molecule has 1 aliphatic heterocycles. The number of phosphoric acid groups is 2. The minimum Gasteiger partial charge on any atom is -0.756 e. The van der Waals surface area contributed by atoms with Crippen molar-refractivity contribution < 1.29 is 62.3 Å². The van der Waals surface area contributed by atoms with Gasteiger partial charge < -0.3 is 54.6 Å². The molecule has 1 aliphatic rings. The topological polar surface area (TPSA) is 243 Å². The summed E-state index contributed by atoms with van der Waals surface area (Å²) in [5, 5.41) is 19.8. The van der Waals surface area contributed by atoms with Gasteiger partial charge in [-0.15, -0.1) is 0 Å². The molecule has 19 heteroatoms. The number of aliphatic hydroxyl groups is 2. The number of anilines is 1. The molecule has 1 aromatic heterocycles. The van der Waals surface area contributed by atoms with Crippen molar-refractivity contribution in [1.82, 2.24) is 9.55 Å². The molecule has 274 valence electrons. The maximum absolute atomic E-state index is 11.7. The Balaban J connectivity index is 0. The number of hydrogen-bond acceptors (Lipinski definition) is 12. The average Bonchev–Trinajstić information content (AvgIpc) is 3.27. The molecule has 0 amide bonds. The van der Waals surface area contributed by atoms with E-state index in [2.05, 4.69) is 76.1 Å². The Morgan fingerprint density at radius 1 is 0.848 bits per heavy atom. The minimum atomic E-state index is -5.62. The number of quaternary nitrogens is 3. The van der Waals surface area contributed by atoms with E-state index < -0.39 is 52.5 Å². The first-order chi connectivity index (χ1) is 21.4. The first-order valence-electron chi connectivity index (χ1n) is 16.0. The molecule has 0 saturated carbocycles. The zero-order chi connectivity index (χ0) is 36.1. The fourth-order valence-electron chi connectivity index (χ4n) is 4.28. The normalized spacial score (nSPS) is 21.8. The smallest absolute Gasteiger partial charge is 0.351 e. The molecule has 0 bridgehead atoms. The van der Waals surface area contributed by atoms with Crippen LogP contribution in [0.4, 0.5) is 5.82 Å². The quantitative estimate of drug-likeness (QED) is 0.0867. The second kappa shape index (κ2) is 24.8. The summed E-state index contributed by atoms with van der Waals surface area (Å²) in [4.78, 5) is 50.1. The maximum Gasteiger partial charge on any atom is 0.351 e. The van der Waals surface area contributed by atoms with Crippen LogP contribution in [-0.4, -0.2) is 108 Å². The average molecular weight is 708 g/mol. The molecule has 6 atom stereocenters.